The Bertz CT molecular complexity index is 358. The summed E-state index contributed by atoms with van der Waals surface area (Å²) in [7, 11) is 0. The Morgan fingerprint density at radius 2 is 2.00 bits per heavy atom. The zero-order valence-corrected chi connectivity index (χ0v) is 11.5. The Morgan fingerprint density at radius 1 is 1.35 bits per heavy atom. The molecule has 0 atom stereocenters. The van der Waals surface area contributed by atoms with E-state index in [1.54, 1.807) is 12.1 Å². The highest BCUT2D eigenvalue weighted by atomic mass is 35.5. The summed E-state index contributed by atoms with van der Waals surface area (Å²) in [6, 6.07) is 3.22. The first-order valence-electron chi connectivity index (χ1n) is 6.16. The van der Waals surface area contributed by atoms with Crippen LogP contribution in [-0.2, 0) is 0 Å². The summed E-state index contributed by atoms with van der Waals surface area (Å²) in [6.45, 7) is 7.74. The van der Waals surface area contributed by atoms with Crippen LogP contribution in [-0.4, -0.2) is 23.9 Å². The summed E-state index contributed by atoms with van der Waals surface area (Å²) in [5, 5.41) is 0.256. The molecule has 0 radical (unpaired) electrons. The maximum absolute atomic E-state index is 12.1. The molecule has 0 fully saturated rings. The van der Waals surface area contributed by atoms with Crippen LogP contribution < -0.4 is 0 Å². The van der Waals surface area contributed by atoms with Crippen molar-refractivity contribution in [3.05, 3.63) is 23.1 Å². The first-order chi connectivity index (χ1) is 8.12. The maximum Gasteiger partial charge on any atom is 0.289 e. The second kappa shape index (κ2) is 6.70. The normalized spacial score (nSPS) is 10.9. The lowest BCUT2D eigenvalue weighted by Crippen LogP contribution is -2.34. The molecule has 0 aromatic carbocycles. The van der Waals surface area contributed by atoms with E-state index in [1.807, 2.05) is 11.8 Å². The van der Waals surface area contributed by atoms with E-state index in [9.17, 15) is 4.79 Å². The predicted octanol–water partition coefficient (Wildman–Crippen LogP) is 3.83. The van der Waals surface area contributed by atoms with E-state index in [0.29, 0.717) is 18.2 Å². The van der Waals surface area contributed by atoms with Crippen LogP contribution in [0.5, 0.6) is 0 Å². The van der Waals surface area contributed by atoms with Crippen molar-refractivity contribution in [1.82, 2.24) is 4.90 Å². The van der Waals surface area contributed by atoms with Gasteiger partial charge in [-0.15, -0.1) is 0 Å². The van der Waals surface area contributed by atoms with Gasteiger partial charge in [0.25, 0.3) is 5.91 Å². The molecule has 0 N–H and O–H groups in total. The Balaban J connectivity index is 2.70. The van der Waals surface area contributed by atoms with Gasteiger partial charge in [0.15, 0.2) is 11.0 Å². The fourth-order valence-electron chi connectivity index (χ4n) is 1.80. The van der Waals surface area contributed by atoms with Gasteiger partial charge in [-0.2, -0.15) is 0 Å². The zero-order valence-electron chi connectivity index (χ0n) is 10.7. The third-order valence-electron chi connectivity index (χ3n) is 3.09. The minimum atomic E-state index is -0.0775. The lowest BCUT2D eigenvalue weighted by molar-refractivity contribution is 0.0703. The van der Waals surface area contributed by atoms with Gasteiger partial charge in [-0.25, -0.2) is 0 Å². The molecule has 0 aliphatic rings. The molecule has 4 heteroatoms. The number of nitrogens with zero attached hydrogens (tertiary/aromatic N) is 1. The van der Waals surface area contributed by atoms with Crippen LogP contribution in [0.3, 0.4) is 0 Å². The molecule has 0 aliphatic carbocycles. The van der Waals surface area contributed by atoms with Crippen molar-refractivity contribution in [3.63, 3.8) is 0 Å². The van der Waals surface area contributed by atoms with Gasteiger partial charge in [-0.1, -0.05) is 26.7 Å². The van der Waals surface area contributed by atoms with E-state index in [1.165, 1.54) is 0 Å². The summed E-state index contributed by atoms with van der Waals surface area (Å²) >= 11 is 5.68. The molecule has 0 saturated heterocycles. The van der Waals surface area contributed by atoms with Crippen molar-refractivity contribution in [2.24, 2.45) is 5.92 Å². The number of hydrogen-bond acceptors (Lipinski definition) is 2. The highest BCUT2D eigenvalue weighted by molar-refractivity contribution is 6.29. The first-order valence-corrected chi connectivity index (χ1v) is 6.54. The molecule has 3 nitrogen and oxygen atoms in total. The van der Waals surface area contributed by atoms with E-state index < -0.39 is 0 Å². The fraction of sp³-hybridized carbons (Fsp3) is 0.615. The number of amides is 1. The molecule has 17 heavy (non-hydrogen) atoms. The number of carbonyl (C=O) groups is 1. The Morgan fingerprint density at radius 3 is 2.41 bits per heavy atom. The largest absolute Gasteiger partial charge is 0.440 e. The lowest BCUT2D eigenvalue weighted by Gasteiger charge is -2.24. The van der Waals surface area contributed by atoms with Crippen molar-refractivity contribution in [1.29, 1.82) is 0 Å². The molecule has 0 bridgehead atoms. The van der Waals surface area contributed by atoms with Crippen LogP contribution in [0.1, 0.15) is 44.2 Å². The van der Waals surface area contributed by atoms with E-state index in [-0.39, 0.29) is 11.1 Å². The van der Waals surface area contributed by atoms with Crippen LogP contribution in [0.15, 0.2) is 16.5 Å². The fourth-order valence-corrected chi connectivity index (χ4v) is 1.95. The Hall–Kier alpha value is -0.960. The van der Waals surface area contributed by atoms with E-state index in [4.69, 9.17) is 16.0 Å². The highest BCUT2D eigenvalue weighted by Gasteiger charge is 2.20. The average molecular weight is 258 g/mol. The van der Waals surface area contributed by atoms with Gasteiger partial charge in [0.2, 0.25) is 0 Å². The highest BCUT2D eigenvalue weighted by Crippen LogP contribution is 2.17. The van der Waals surface area contributed by atoms with Crippen LogP contribution in [0.4, 0.5) is 0 Å². The molecular formula is C13H20ClNO2. The molecule has 1 heterocycles. The maximum atomic E-state index is 12.1. The van der Waals surface area contributed by atoms with Crippen LogP contribution in [0.2, 0.25) is 5.22 Å². The molecule has 0 saturated carbocycles. The predicted molar refractivity (Wildman–Crippen MR) is 69.4 cm³/mol. The average Bonchev–Trinajstić information content (AvgIpc) is 2.77. The first kappa shape index (κ1) is 14.1. The molecule has 96 valence electrons. The third kappa shape index (κ3) is 3.77. The minimum Gasteiger partial charge on any atom is -0.440 e. The number of halogens is 1. The number of rotatable bonds is 6. The second-order valence-corrected chi connectivity index (χ2v) is 4.50. The number of furan rings is 1. The molecule has 1 amide bonds. The van der Waals surface area contributed by atoms with E-state index in [2.05, 4.69) is 13.8 Å². The number of hydrogen-bond donors (Lipinski definition) is 0. The third-order valence-corrected chi connectivity index (χ3v) is 3.29. The minimum absolute atomic E-state index is 0.0775. The summed E-state index contributed by atoms with van der Waals surface area (Å²) in [5.41, 5.74) is 0. The molecule has 0 spiro atoms. The summed E-state index contributed by atoms with van der Waals surface area (Å²) in [5.74, 6) is 0.790. The van der Waals surface area contributed by atoms with Crippen molar-refractivity contribution in [2.75, 3.05) is 13.1 Å². The summed E-state index contributed by atoms with van der Waals surface area (Å²) in [4.78, 5) is 13.9. The molecule has 1 rings (SSSR count). The SMILES string of the molecule is CCC(CC)CN(CC)C(=O)c1ccc(Cl)o1. The molecule has 1 aromatic rings. The van der Waals surface area contributed by atoms with Crippen molar-refractivity contribution >= 4 is 17.5 Å². The molecule has 0 unspecified atom stereocenters. The topological polar surface area (TPSA) is 33.5 Å². The van der Waals surface area contributed by atoms with Gasteiger partial charge in [0.1, 0.15) is 0 Å². The lowest BCUT2D eigenvalue weighted by atomic mass is 10.0. The quantitative estimate of drug-likeness (QED) is 0.776. The second-order valence-electron chi connectivity index (χ2n) is 4.13. The number of carbonyl (C=O) groups excluding carboxylic acids is 1. The molecule has 1 aromatic heterocycles. The monoisotopic (exact) mass is 257 g/mol. The van der Waals surface area contributed by atoms with Crippen molar-refractivity contribution < 1.29 is 9.21 Å². The van der Waals surface area contributed by atoms with Gasteiger partial charge in [-0.05, 0) is 36.6 Å². The van der Waals surface area contributed by atoms with E-state index >= 15 is 0 Å². The van der Waals surface area contributed by atoms with Gasteiger partial charge in [0, 0.05) is 13.1 Å². The van der Waals surface area contributed by atoms with Gasteiger partial charge in [0.05, 0.1) is 0 Å². The summed E-state index contributed by atoms with van der Waals surface area (Å²) < 4.78 is 5.15. The standard InChI is InChI=1S/C13H20ClNO2/c1-4-10(5-2)9-15(6-3)13(16)11-7-8-12(14)17-11/h7-8,10H,4-6,9H2,1-3H3. The van der Waals surface area contributed by atoms with Gasteiger partial charge in [-0.3, -0.25) is 4.79 Å². The Kier molecular flexibility index (Phi) is 5.56. The van der Waals surface area contributed by atoms with Crippen LogP contribution in [0.25, 0.3) is 0 Å². The van der Waals surface area contributed by atoms with Crippen molar-refractivity contribution in [3.8, 4) is 0 Å². The molecule has 0 aliphatic heterocycles. The van der Waals surface area contributed by atoms with Crippen LogP contribution >= 0.6 is 11.6 Å². The van der Waals surface area contributed by atoms with Gasteiger partial charge < -0.3 is 9.32 Å². The smallest absolute Gasteiger partial charge is 0.289 e. The zero-order chi connectivity index (χ0) is 12.8. The summed E-state index contributed by atoms with van der Waals surface area (Å²) in [6.07, 6.45) is 2.17. The van der Waals surface area contributed by atoms with Crippen molar-refractivity contribution in [2.45, 2.75) is 33.6 Å². The molecular weight excluding hydrogens is 238 g/mol. The van der Waals surface area contributed by atoms with E-state index in [0.717, 1.165) is 19.4 Å². The van der Waals surface area contributed by atoms with Gasteiger partial charge >= 0.3 is 0 Å². The van der Waals surface area contributed by atoms with Crippen LogP contribution in [0, 0.1) is 5.92 Å². The Labute approximate surface area is 108 Å².